The second-order valence-electron chi connectivity index (χ2n) is 7.03. The largest absolute Gasteiger partial charge is 0.335 e. The van der Waals surface area contributed by atoms with Crippen molar-refractivity contribution in [3.63, 3.8) is 0 Å². The van der Waals surface area contributed by atoms with E-state index < -0.39 is 4.92 Å². The molecule has 0 unspecified atom stereocenters. The van der Waals surface area contributed by atoms with E-state index in [9.17, 15) is 19.7 Å². The second kappa shape index (κ2) is 8.12. The molecule has 0 bridgehead atoms. The molecule has 1 fully saturated rings. The van der Waals surface area contributed by atoms with Gasteiger partial charge in [0.05, 0.1) is 4.92 Å². The summed E-state index contributed by atoms with van der Waals surface area (Å²) in [6, 6.07) is 17.4. The van der Waals surface area contributed by atoms with Crippen LogP contribution in [0.15, 0.2) is 60.7 Å². The number of carbonyl (C=O) groups excluding carboxylic acids is 2. The number of benzene rings is 3. The van der Waals surface area contributed by atoms with Crippen LogP contribution in [-0.2, 0) is 0 Å². The van der Waals surface area contributed by atoms with E-state index in [1.54, 1.807) is 9.80 Å². The minimum atomic E-state index is -0.611. The molecule has 0 spiro atoms. The number of hydrogen-bond acceptors (Lipinski definition) is 4. The molecule has 0 radical (unpaired) electrons. The number of amides is 2. The van der Waals surface area contributed by atoms with Crippen LogP contribution in [0.3, 0.4) is 0 Å². The summed E-state index contributed by atoms with van der Waals surface area (Å²) in [4.78, 5) is 39.6. The third-order valence-corrected chi connectivity index (χ3v) is 5.58. The van der Waals surface area contributed by atoms with E-state index in [0.717, 1.165) is 10.8 Å². The second-order valence-corrected chi connectivity index (χ2v) is 7.44. The van der Waals surface area contributed by atoms with Crippen LogP contribution >= 0.6 is 11.6 Å². The smallest absolute Gasteiger partial charge is 0.288 e. The number of carbonyl (C=O) groups is 2. The minimum absolute atomic E-state index is 0.0120. The molecule has 3 aromatic rings. The van der Waals surface area contributed by atoms with Gasteiger partial charge in [0, 0.05) is 43.4 Å². The summed E-state index contributed by atoms with van der Waals surface area (Å²) in [5, 5.41) is 13.0. The van der Waals surface area contributed by atoms with Crippen molar-refractivity contribution in [1.82, 2.24) is 9.80 Å². The molecule has 7 nitrogen and oxygen atoms in total. The lowest BCUT2D eigenvalue weighted by atomic mass is 10.0. The number of halogens is 1. The van der Waals surface area contributed by atoms with Crippen molar-refractivity contribution >= 4 is 39.9 Å². The molecule has 3 aromatic carbocycles. The van der Waals surface area contributed by atoms with Crippen LogP contribution in [0.4, 0.5) is 5.69 Å². The fraction of sp³-hybridized carbons (Fsp3) is 0.182. The van der Waals surface area contributed by atoms with Crippen LogP contribution in [0, 0.1) is 10.1 Å². The molecule has 0 atom stereocenters. The average Bonchev–Trinajstić information content (AvgIpc) is 2.78. The summed E-state index contributed by atoms with van der Waals surface area (Å²) in [7, 11) is 0. The maximum Gasteiger partial charge on any atom is 0.288 e. The highest BCUT2D eigenvalue weighted by atomic mass is 35.5. The predicted octanol–water partition coefficient (Wildman–Crippen LogP) is 4.00. The molecule has 1 aliphatic heterocycles. The van der Waals surface area contributed by atoms with Gasteiger partial charge in [0.25, 0.3) is 17.5 Å². The van der Waals surface area contributed by atoms with Gasteiger partial charge in [0.15, 0.2) is 0 Å². The van der Waals surface area contributed by atoms with Gasteiger partial charge in [-0.1, -0.05) is 48.0 Å². The Morgan fingerprint density at radius 2 is 1.50 bits per heavy atom. The molecule has 1 saturated heterocycles. The predicted molar refractivity (Wildman–Crippen MR) is 114 cm³/mol. The molecule has 2 amide bonds. The van der Waals surface area contributed by atoms with Gasteiger partial charge in [-0.05, 0) is 29.0 Å². The number of nitrogens with zero attached hydrogens (tertiary/aromatic N) is 3. The minimum Gasteiger partial charge on any atom is -0.335 e. The molecular weight excluding hydrogens is 406 g/mol. The molecule has 30 heavy (non-hydrogen) atoms. The van der Waals surface area contributed by atoms with Crippen LogP contribution in [-0.4, -0.2) is 52.7 Å². The van der Waals surface area contributed by atoms with Gasteiger partial charge in [-0.25, -0.2) is 0 Å². The van der Waals surface area contributed by atoms with Crippen LogP contribution in [0.1, 0.15) is 20.7 Å². The monoisotopic (exact) mass is 423 g/mol. The van der Waals surface area contributed by atoms with E-state index in [4.69, 9.17) is 11.6 Å². The van der Waals surface area contributed by atoms with Crippen molar-refractivity contribution in [1.29, 1.82) is 0 Å². The van der Waals surface area contributed by atoms with E-state index >= 15 is 0 Å². The first-order chi connectivity index (χ1) is 14.5. The molecule has 1 aliphatic rings. The molecule has 152 valence electrons. The number of rotatable bonds is 3. The fourth-order valence-corrected chi connectivity index (χ4v) is 3.85. The van der Waals surface area contributed by atoms with Crippen LogP contribution < -0.4 is 0 Å². The zero-order valence-corrected chi connectivity index (χ0v) is 16.7. The maximum atomic E-state index is 13.1. The number of nitro benzene ring substituents is 1. The Bertz CT molecular complexity index is 1150. The van der Waals surface area contributed by atoms with Crippen molar-refractivity contribution in [3.8, 4) is 0 Å². The first-order valence-corrected chi connectivity index (χ1v) is 9.84. The fourth-order valence-electron chi connectivity index (χ4n) is 3.66. The quantitative estimate of drug-likeness (QED) is 0.471. The van der Waals surface area contributed by atoms with Crippen molar-refractivity contribution in [2.45, 2.75) is 0 Å². The van der Waals surface area contributed by atoms with Gasteiger partial charge in [0.2, 0.25) is 0 Å². The molecule has 0 N–H and O–H groups in total. The molecule has 4 rings (SSSR count). The van der Waals surface area contributed by atoms with Crippen molar-refractivity contribution < 1.29 is 14.5 Å². The third-order valence-electron chi connectivity index (χ3n) is 5.26. The zero-order valence-electron chi connectivity index (χ0n) is 16.0. The lowest BCUT2D eigenvalue weighted by molar-refractivity contribution is -0.384. The Labute approximate surface area is 177 Å². The highest BCUT2D eigenvalue weighted by Crippen LogP contribution is 2.26. The van der Waals surface area contributed by atoms with Gasteiger partial charge in [-0.2, -0.15) is 0 Å². The van der Waals surface area contributed by atoms with E-state index in [1.807, 2.05) is 42.5 Å². The maximum absolute atomic E-state index is 13.1. The van der Waals surface area contributed by atoms with Crippen molar-refractivity contribution in [2.24, 2.45) is 0 Å². The summed E-state index contributed by atoms with van der Waals surface area (Å²) in [6.45, 7) is 1.49. The topological polar surface area (TPSA) is 83.8 Å². The Kier molecular flexibility index (Phi) is 5.37. The SMILES string of the molecule is O=C(c1ccc(Cl)c([N+](=O)[O-])c1)N1CCN(C(=O)c2cccc3ccccc23)CC1. The van der Waals surface area contributed by atoms with E-state index in [1.165, 1.54) is 18.2 Å². The van der Waals surface area contributed by atoms with Crippen LogP contribution in [0.5, 0.6) is 0 Å². The number of fused-ring (bicyclic) bond motifs is 1. The molecular formula is C22H18ClN3O4. The van der Waals surface area contributed by atoms with Crippen molar-refractivity contribution in [2.75, 3.05) is 26.2 Å². The van der Waals surface area contributed by atoms with Gasteiger partial charge < -0.3 is 9.80 Å². The molecule has 8 heteroatoms. The van der Waals surface area contributed by atoms with Crippen LogP contribution in [0.2, 0.25) is 5.02 Å². The molecule has 0 aliphatic carbocycles. The molecule has 0 saturated carbocycles. The zero-order chi connectivity index (χ0) is 21.3. The molecule has 1 heterocycles. The van der Waals surface area contributed by atoms with E-state index in [2.05, 4.69) is 0 Å². The average molecular weight is 424 g/mol. The highest BCUT2D eigenvalue weighted by molar-refractivity contribution is 6.32. The van der Waals surface area contributed by atoms with Gasteiger partial charge >= 0.3 is 0 Å². The highest BCUT2D eigenvalue weighted by Gasteiger charge is 2.27. The lowest BCUT2D eigenvalue weighted by Gasteiger charge is -2.35. The first kappa shape index (κ1) is 19.8. The van der Waals surface area contributed by atoms with Gasteiger partial charge in [-0.3, -0.25) is 19.7 Å². The Hall–Kier alpha value is -3.45. The molecule has 0 aromatic heterocycles. The third kappa shape index (κ3) is 3.71. The standard InChI is InChI=1S/C22H18ClN3O4/c23-19-9-8-16(14-20(19)26(29)30)21(27)24-10-12-25(13-11-24)22(28)18-7-3-5-15-4-1-2-6-17(15)18/h1-9,14H,10-13H2. The first-order valence-electron chi connectivity index (χ1n) is 9.46. The Morgan fingerprint density at radius 1 is 0.867 bits per heavy atom. The van der Waals surface area contributed by atoms with Gasteiger partial charge in [-0.15, -0.1) is 0 Å². The van der Waals surface area contributed by atoms with E-state index in [-0.39, 0.29) is 28.1 Å². The number of piperazine rings is 1. The lowest BCUT2D eigenvalue weighted by Crippen LogP contribution is -2.50. The summed E-state index contributed by atoms with van der Waals surface area (Å²) in [5.74, 6) is -0.381. The summed E-state index contributed by atoms with van der Waals surface area (Å²) < 4.78 is 0. The van der Waals surface area contributed by atoms with Gasteiger partial charge in [0.1, 0.15) is 5.02 Å². The summed E-state index contributed by atoms with van der Waals surface area (Å²) >= 11 is 5.82. The summed E-state index contributed by atoms with van der Waals surface area (Å²) in [6.07, 6.45) is 0. The van der Waals surface area contributed by atoms with Crippen LogP contribution in [0.25, 0.3) is 10.8 Å². The summed E-state index contributed by atoms with van der Waals surface area (Å²) in [5.41, 5.74) is 0.549. The van der Waals surface area contributed by atoms with E-state index in [0.29, 0.717) is 31.7 Å². The Morgan fingerprint density at radius 3 is 2.20 bits per heavy atom. The Balaban J connectivity index is 1.47. The normalized spacial score (nSPS) is 14.0. The number of nitro groups is 1. The number of hydrogen-bond donors (Lipinski definition) is 0. The van der Waals surface area contributed by atoms with Crippen molar-refractivity contribution in [3.05, 3.63) is 86.9 Å².